The molecule has 92 valence electrons. The van der Waals surface area contributed by atoms with Crippen molar-refractivity contribution in [3.05, 3.63) is 16.7 Å². The van der Waals surface area contributed by atoms with Gasteiger partial charge in [0.25, 0.3) is 0 Å². The Morgan fingerprint density at radius 3 is 2.76 bits per heavy atom. The highest BCUT2D eigenvalue weighted by Crippen LogP contribution is 2.31. The predicted octanol–water partition coefficient (Wildman–Crippen LogP) is 1.67. The molecule has 0 radical (unpaired) electrons. The van der Waals surface area contributed by atoms with Crippen LogP contribution in [0.4, 0.5) is 5.82 Å². The van der Waals surface area contributed by atoms with Crippen LogP contribution in [0.5, 0.6) is 0 Å². The van der Waals surface area contributed by atoms with Gasteiger partial charge in [0.1, 0.15) is 7.11 Å². The minimum absolute atomic E-state index is 0.0307. The van der Waals surface area contributed by atoms with Crippen LogP contribution in [-0.4, -0.2) is 32.9 Å². The lowest BCUT2D eigenvalue weighted by Crippen LogP contribution is -2.14. The number of hydrogen-bond donors (Lipinski definition) is 1. The Morgan fingerprint density at radius 1 is 1.59 bits per heavy atom. The number of carboxylic acids is 1. The van der Waals surface area contributed by atoms with Gasteiger partial charge >= 0.3 is 11.8 Å². The maximum absolute atomic E-state index is 11.2. The van der Waals surface area contributed by atoms with Crippen LogP contribution in [0.3, 0.4) is 0 Å². The molecule has 1 fully saturated rings. The van der Waals surface area contributed by atoms with E-state index < -0.39 is 5.97 Å². The highest BCUT2D eigenvalue weighted by atomic mass is 16.8. The zero-order valence-electron chi connectivity index (χ0n) is 9.50. The second-order valence-electron chi connectivity index (χ2n) is 4.02. The third kappa shape index (κ3) is 2.13. The van der Waals surface area contributed by atoms with Crippen molar-refractivity contribution in [2.75, 3.05) is 7.11 Å². The number of nitrogens with zero attached hydrogens (tertiary/aromatic N) is 3. The van der Waals surface area contributed by atoms with E-state index in [9.17, 15) is 9.70 Å². The first-order valence-corrected chi connectivity index (χ1v) is 5.47. The van der Waals surface area contributed by atoms with Crippen LogP contribution in [0.2, 0.25) is 0 Å². The van der Waals surface area contributed by atoms with Crippen LogP contribution in [0.15, 0.2) is 6.07 Å². The normalized spacial score (nSPS) is 16.1. The van der Waals surface area contributed by atoms with Gasteiger partial charge < -0.3 is 9.94 Å². The number of aromatic nitrogens is 2. The summed E-state index contributed by atoms with van der Waals surface area (Å²) in [4.78, 5) is 27.0. The van der Waals surface area contributed by atoms with Crippen molar-refractivity contribution in [1.29, 1.82) is 0 Å². The molecule has 1 aromatic rings. The Bertz CT molecular complexity index is 448. The molecule has 1 N–H and O–H groups in total. The Kier molecular flexibility index (Phi) is 3.08. The molecular formula is C10H14N3O4+. The zero-order valence-corrected chi connectivity index (χ0v) is 9.50. The molecule has 2 rings (SSSR count). The maximum Gasteiger partial charge on any atom is 0.434 e. The van der Waals surface area contributed by atoms with E-state index >= 15 is 0 Å². The summed E-state index contributed by atoms with van der Waals surface area (Å²) in [5.41, 5.74) is 0.0322. The lowest BCUT2D eigenvalue weighted by molar-refractivity contribution is -0.739. The van der Waals surface area contributed by atoms with Crippen molar-refractivity contribution in [2.24, 2.45) is 0 Å². The van der Waals surface area contributed by atoms with Gasteiger partial charge in [0.05, 0.1) is 17.2 Å². The predicted molar refractivity (Wildman–Crippen MR) is 57.0 cm³/mol. The number of rotatable bonds is 4. The Balaban J connectivity index is 2.37. The molecule has 0 unspecified atom stereocenters. The third-order valence-corrected chi connectivity index (χ3v) is 2.97. The van der Waals surface area contributed by atoms with Crippen LogP contribution in [0, 0.1) is 4.91 Å². The standard InChI is InChI=1S/C10H13N3O4/c1-17-13(16)9-6-8(10(14)15)12(11-9)7-4-2-3-5-7/h6-7H,2-5H2,1H3/p+1. The zero-order chi connectivity index (χ0) is 12.4. The molecule has 1 aliphatic carbocycles. The van der Waals surface area contributed by atoms with E-state index in [1.807, 2.05) is 0 Å². The molecule has 0 aromatic carbocycles. The molecule has 0 atom stereocenters. The van der Waals surface area contributed by atoms with Gasteiger partial charge in [-0.25, -0.2) is 4.79 Å². The second kappa shape index (κ2) is 4.52. The van der Waals surface area contributed by atoms with Crippen molar-refractivity contribution in [3.8, 4) is 0 Å². The molecule has 17 heavy (non-hydrogen) atoms. The second-order valence-corrected chi connectivity index (χ2v) is 4.02. The minimum atomic E-state index is -1.08. The average molecular weight is 240 g/mol. The van der Waals surface area contributed by atoms with Crippen molar-refractivity contribution >= 4 is 11.8 Å². The van der Waals surface area contributed by atoms with Crippen molar-refractivity contribution in [2.45, 2.75) is 31.7 Å². The van der Waals surface area contributed by atoms with Crippen molar-refractivity contribution in [3.63, 3.8) is 0 Å². The molecule has 0 amide bonds. The van der Waals surface area contributed by atoms with Gasteiger partial charge in [-0.1, -0.05) is 12.8 Å². The SMILES string of the molecule is CO[N+](=O)c1cc(C(=O)O)n(C2CCCC2)n1. The number of aromatic carboxylic acids is 1. The molecule has 1 saturated carbocycles. The highest BCUT2D eigenvalue weighted by molar-refractivity contribution is 5.86. The Hall–Kier alpha value is -1.92. The topological polar surface area (TPSA) is 84.4 Å². The van der Waals surface area contributed by atoms with Crippen molar-refractivity contribution in [1.82, 2.24) is 9.78 Å². The first-order chi connectivity index (χ1) is 8.13. The third-order valence-electron chi connectivity index (χ3n) is 2.97. The van der Waals surface area contributed by atoms with Gasteiger partial charge in [-0.05, 0) is 17.7 Å². The first-order valence-electron chi connectivity index (χ1n) is 5.47. The summed E-state index contributed by atoms with van der Waals surface area (Å²) in [6, 6.07) is 1.30. The molecular weight excluding hydrogens is 226 g/mol. The van der Waals surface area contributed by atoms with E-state index in [0.29, 0.717) is 0 Å². The Labute approximate surface area is 97.5 Å². The molecule has 7 heteroatoms. The summed E-state index contributed by atoms with van der Waals surface area (Å²) in [5.74, 6) is -1.11. The van der Waals surface area contributed by atoms with Crippen LogP contribution in [0.1, 0.15) is 42.2 Å². The number of carbonyl (C=O) groups is 1. The molecule has 0 bridgehead atoms. The summed E-state index contributed by atoms with van der Waals surface area (Å²) in [6.45, 7) is 0. The Morgan fingerprint density at radius 2 is 2.24 bits per heavy atom. The van der Waals surface area contributed by atoms with E-state index in [-0.39, 0.29) is 22.5 Å². The lowest BCUT2D eigenvalue weighted by Gasteiger charge is -2.06. The first kappa shape index (κ1) is 11.6. The van der Waals surface area contributed by atoms with Crippen LogP contribution < -0.4 is 0 Å². The molecule has 1 aliphatic rings. The summed E-state index contributed by atoms with van der Waals surface area (Å²) in [5, 5.41) is 13.1. The monoisotopic (exact) mass is 240 g/mol. The van der Waals surface area contributed by atoms with Crippen LogP contribution in [-0.2, 0) is 4.84 Å². The van der Waals surface area contributed by atoms with Gasteiger partial charge in [-0.2, -0.15) is 4.68 Å². The highest BCUT2D eigenvalue weighted by Gasteiger charge is 2.31. The van der Waals surface area contributed by atoms with E-state index in [1.54, 1.807) is 0 Å². The molecule has 0 aliphatic heterocycles. The lowest BCUT2D eigenvalue weighted by atomic mass is 10.2. The van der Waals surface area contributed by atoms with E-state index in [0.717, 1.165) is 25.7 Å². The van der Waals surface area contributed by atoms with E-state index in [1.165, 1.54) is 17.9 Å². The van der Waals surface area contributed by atoms with Gasteiger partial charge in [-0.15, -0.1) is 0 Å². The summed E-state index contributed by atoms with van der Waals surface area (Å²) >= 11 is 0. The largest absolute Gasteiger partial charge is 0.476 e. The van der Waals surface area contributed by atoms with E-state index in [2.05, 4.69) is 9.94 Å². The summed E-state index contributed by atoms with van der Waals surface area (Å²) < 4.78 is 1.43. The summed E-state index contributed by atoms with van der Waals surface area (Å²) in [6.07, 6.45) is 3.91. The molecule has 1 heterocycles. The van der Waals surface area contributed by atoms with Gasteiger partial charge in [0, 0.05) is 0 Å². The molecule has 0 saturated heterocycles. The maximum atomic E-state index is 11.2. The number of carboxylic acid groups (broad SMARTS) is 1. The summed E-state index contributed by atoms with van der Waals surface area (Å²) in [7, 11) is 1.21. The quantitative estimate of drug-likeness (QED) is 0.809. The fourth-order valence-electron chi connectivity index (χ4n) is 2.15. The smallest absolute Gasteiger partial charge is 0.434 e. The minimum Gasteiger partial charge on any atom is -0.476 e. The number of hydrogen-bond acceptors (Lipinski definition) is 4. The fraction of sp³-hybridized carbons (Fsp3) is 0.600. The van der Waals surface area contributed by atoms with Crippen molar-refractivity contribution < 1.29 is 19.7 Å². The van der Waals surface area contributed by atoms with Gasteiger partial charge in [-0.3, -0.25) is 0 Å². The van der Waals surface area contributed by atoms with Gasteiger partial charge in [0.15, 0.2) is 10.6 Å². The molecule has 7 nitrogen and oxygen atoms in total. The van der Waals surface area contributed by atoms with E-state index in [4.69, 9.17) is 5.11 Å². The van der Waals surface area contributed by atoms with Gasteiger partial charge in [0.2, 0.25) is 0 Å². The van der Waals surface area contributed by atoms with Crippen LogP contribution >= 0.6 is 0 Å². The molecule has 0 spiro atoms. The van der Waals surface area contributed by atoms with Crippen LogP contribution in [0.25, 0.3) is 0 Å². The fourth-order valence-corrected chi connectivity index (χ4v) is 2.15. The molecule has 1 aromatic heterocycles. The average Bonchev–Trinajstić information content (AvgIpc) is 2.95.